The van der Waals surface area contributed by atoms with Gasteiger partial charge >= 0.3 is 0 Å². The third kappa shape index (κ3) is 3.43. The van der Waals surface area contributed by atoms with Crippen LogP contribution in [0, 0.1) is 34.0 Å². The zero-order valence-corrected chi connectivity index (χ0v) is 19.5. The van der Waals surface area contributed by atoms with Crippen LogP contribution in [0.25, 0.3) is 0 Å². The second-order valence-electron chi connectivity index (χ2n) is 12.5. The average Bonchev–Trinajstić information content (AvgIpc) is 2.93. The monoisotopic (exact) mass is 402 g/mol. The van der Waals surface area contributed by atoms with Crippen LogP contribution in [-0.2, 0) is 9.59 Å². The van der Waals surface area contributed by atoms with Crippen molar-refractivity contribution in [3.63, 3.8) is 0 Å². The minimum atomic E-state index is 0.0398. The predicted molar refractivity (Wildman–Crippen MR) is 116 cm³/mol. The van der Waals surface area contributed by atoms with Crippen LogP contribution in [0.5, 0.6) is 0 Å². The Morgan fingerprint density at radius 2 is 1.72 bits per heavy atom. The van der Waals surface area contributed by atoms with Gasteiger partial charge in [0.15, 0.2) is 0 Å². The number of fused-ring (bicyclic) bond motifs is 5. The van der Waals surface area contributed by atoms with Gasteiger partial charge in [0.05, 0.1) is 0 Å². The van der Waals surface area contributed by atoms with Gasteiger partial charge in [-0.3, -0.25) is 9.59 Å². The molecule has 4 nitrogen and oxygen atoms in total. The fraction of sp³-hybridized carbons (Fsp3) is 0.920. The van der Waals surface area contributed by atoms with E-state index in [1.54, 1.807) is 0 Å². The maximum atomic E-state index is 12.7. The Hall–Kier alpha value is -1.06. The van der Waals surface area contributed by atoms with E-state index in [0.29, 0.717) is 24.4 Å². The number of hydrogen-bond acceptors (Lipinski definition) is 2. The average molecular weight is 403 g/mol. The van der Waals surface area contributed by atoms with E-state index < -0.39 is 0 Å². The minimum absolute atomic E-state index is 0.0398. The molecule has 2 amide bonds. The van der Waals surface area contributed by atoms with Crippen molar-refractivity contribution in [3.8, 4) is 0 Å². The molecule has 1 aliphatic heterocycles. The third-order valence-electron chi connectivity index (χ3n) is 9.58. The summed E-state index contributed by atoms with van der Waals surface area (Å²) in [7, 11) is 2.04. The maximum absolute atomic E-state index is 12.7. The molecule has 1 heterocycles. The zero-order valence-electron chi connectivity index (χ0n) is 19.5. The molecule has 3 aliphatic carbocycles. The summed E-state index contributed by atoms with van der Waals surface area (Å²) in [5, 5.41) is 3.46. The zero-order chi connectivity index (χ0) is 21.2. The summed E-state index contributed by atoms with van der Waals surface area (Å²) < 4.78 is 0. The first-order valence-corrected chi connectivity index (χ1v) is 12.0. The molecule has 0 spiro atoms. The first-order valence-electron chi connectivity index (χ1n) is 12.0. The third-order valence-corrected chi connectivity index (χ3v) is 9.58. The van der Waals surface area contributed by atoms with Gasteiger partial charge in [-0.25, -0.2) is 0 Å². The van der Waals surface area contributed by atoms with Crippen molar-refractivity contribution in [1.29, 1.82) is 0 Å². The molecule has 4 fully saturated rings. The molecular formula is C25H42N2O2. The van der Waals surface area contributed by atoms with Crippen LogP contribution < -0.4 is 5.32 Å². The van der Waals surface area contributed by atoms with E-state index >= 15 is 0 Å². The van der Waals surface area contributed by atoms with Gasteiger partial charge in [-0.05, 0) is 78.9 Å². The normalized spacial score (nSPS) is 44.7. The number of nitrogens with zero attached hydrogens (tertiary/aromatic N) is 1. The summed E-state index contributed by atoms with van der Waals surface area (Å²) in [6.45, 7) is 11.4. The molecule has 1 saturated heterocycles. The lowest BCUT2D eigenvalue weighted by molar-refractivity contribution is -0.157. The van der Waals surface area contributed by atoms with E-state index in [1.807, 2.05) is 7.05 Å². The van der Waals surface area contributed by atoms with Crippen LogP contribution >= 0.6 is 0 Å². The number of hydrogen-bond donors (Lipinski definition) is 1. The Labute approximate surface area is 177 Å². The molecular weight excluding hydrogens is 360 g/mol. The maximum Gasteiger partial charge on any atom is 0.222 e. The topological polar surface area (TPSA) is 49.4 Å². The molecule has 1 N–H and O–H groups in total. The number of carbonyl (C=O) groups is 2. The van der Waals surface area contributed by atoms with Crippen molar-refractivity contribution in [1.82, 2.24) is 10.2 Å². The highest BCUT2D eigenvalue weighted by atomic mass is 16.2. The molecule has 164 valence electrons. The Balaban J connectivity index is 1.51. The van der Waals surface area contributed by atoms with Gasteiger partial charge in [0.1, 0.15) is 0 Å². The van der Waals surface area contributed by atoms with Gasteiger partial charge in [0.25, 0.3) is 0 Å². The second kappa shape index (κ2) is 6.99. The Morgan fingerprint density at radius 3 is 2.41 bits per heavy atom. The number of likely N-dealkylation sites (tertiary alicyclic amines) is 1. The highest BCUT2D eigenvalue weighted by molar-refractivity contribution is 5.77. The standard InChI is InChI=1S/C25H42N2O2/c1-23(2,3)15-21(28)26-19-9-8-17-16-7-10-20-25(5,14-12-22(29)27(20)6)18(16)11-13-24(17,19)4/h16-20H,7-15H2,1-6H3,(H,26,28)/t16-,17-,18+,19?,20?,24-,25+/m0/s1. The number of rotatable bonds is 2. The lowest BCUT2D eigenvalue weighted by atomic mass is 9.47. The van der Waals surface area contributed by atoms with Crippen LogP contribution in [0.3, 0.4) is 0 Å². The van der Waals surface area contributed by atoms with E-state index in [2.05, 4.69) is 44.8 Å². The van der Waals surface area contributed by atoms with Gasteiger partial charge in [-0.1, -0.05) is 34.6 Å². The highest BCUT2D eigenvalue weighted by Crippen LogP contribution is 2.64. The molecule has 0 bridgehead atoms. The summed E-state index contributed by atoms with van der Waals surface area (Å²) in [6, 6.07) is 0.766. The lowest BCUT2D eigenvalue weighted by Gasteiger charge is -2.61. The van der Waals surface area contributed by atoms with Crippen molar-refractivity contribution < 1.29 is 9.59 Å². The largest absolute Gasteiger partial charge is 0.353 e. The Kier molecular flexibility index (Phi) is 5.10. The quantitative estimate of drug-likeness (QED) is 0.723. The summed E-state index contributed by atoms with van der Waals surface area (Å²) in [6.07, 6.45) is 9.69. The van der Waals surface area contributed by atoms with E-state index in [9.17, 15) is 9.59 Å². The van der Waals surface area contributed by atoms with Crippen LogP contribution in [-0.4, -0.2) is 35.8 Å². The van der Waals surface area contributed by atoms with Crippen molar-refractivity contribution >= 4 is 11.8 Å². The fourth-order valence-corrected chi connectivity index (χ4v) is 8.11. The fourth-order valence-electron chi connectivity index (χ4n) is 8.11. The smallest absolute Gasteiger partial charge is 0.222 e. The van der Waals surface area contributed by atoms with Crippen LogP contribution in [0.2, 0.25) is 0 Å². The highest BCUT2D eigenvalue weighted by Gasteiger charge is 2.61. The van der Waals surface area contributed by atoms with Gasteiger partial charge in [-0.2, -0.15) is 0 Å². The van der Waals surface area contributed by atoms with E-state index in [0.717, 1.165) is 43.4 Å². The number of piperidine rings is 1. The first-order chi connectivity index (χ1) is 13.5. The van der Waals surface area contributed by atoms with E-state index in [1.165, 1.54) is 25.7 Å². The number of amides is 2. The van der Waals surface area contributed by atoms with Crippen LogP contribution in [0.15, 0.2) is 0 Å². The molecule has 0 aromatic rings. The van der Waals surface area contributed by atoms with Crippen molar-refractivity contribution in [2.45, 2.75) is 104 Å². The molecule has 3 saturated carbocycles. The van der Waals surface area contributed by atoms with Crippen molar-refractivity contribution in [3.05, 3.63) is 0 Å². The predicted octanol–water partition coefficient (Wildman–Crippen LogP) is 4.77. The van der Waals surface area contributed by atoms with Gasteiger partial charge in [0.2, 0.25) is 11.8 Å². The molecule has 29 heavy (non-hydrogen) atoms. The lowest BCUT2D eigenvalue weighted by Crippen LogP contribution is -2.62. The van der Waals surface area contributed by atoms with Crippen molar-refractivity contribution in [2.24, 2.45) is 34.0 Å². The second-order valence-corrected chi connectivity index (χ2v) is 12.5. The summed E-state index contributed by atoms with van der Waals surface area (Å²) >= 11 is 0. The van der Waals surface area contributed by atoms with Gasteiger partial charge < -0.3 is 10.2 Å². The molecule has 0 aromatic heterocycles. The molecule has 4 heteroatoms. The molecule has 0 aromatic carbocycles. The summed E-state index contributed by atoms with van der Waals surface area (Å²) in [5.74, 6) is 2.80. The number of carbonyl (C=O) groups excluding carboxylic acids is 2. The minimum Gasteiger partial charge on any atom is -0.353 e. The molecule has 7 atom stereocenters. The summed E-state index contributed by atoms with van der Waals surface area (Å²) in [4.78, 5) is 27.1. The Morgan fingerprint density at radius 1 is 1.03 bits per heavy atom. The molecule has 4 aliphatic rings. The van der Waals surface area contributed by atoms with Crippen LogP contribution in [0.4, 0.5) is 0 Å². The molecule has 2 unspecified atom stereocenters. The van der Waals surface area contributed by atoms with Gasteiger partial charge in [0, 0.05) is 32.0 Å². The van der Waals surface area contributed by atoms with Crippen LogP contribution in [0.1, 0.15) is 92.4 Å². The SMILES string of the molecule is CN1C(=O)CC[C@@]2(C)C1CC[C@@H]1[C@H]2CC[C@]2(C)C(NC(=O)CC(C)(C)C)CC[C@@H]12. The summed E-state index contributed by atoms with van der Waals surface area (Å²) in [5.41, 5.74) is 0.562. The van der Waals surface area contributed by atoms with E-state index in [-0.39, 0.29) is 22.2 Å². The molecule has 0 radical (unpaired) electrons. The van der Waals surface area contributed by atoms with Crippen molar-refractivity contribution in [2.75, 3.05) is 7.05 Å². The molecule has 4 rings (SSSR count). The van der Waals surface area contributed by atoms with Gasteiger partial charge in [-0.15, -0.1) is 0 Å². The number of nitrogens with one attached hydrogen (secondary N) is 1. The van der Waals surface area contributed by atoms with E-state index in [4.69, 9.17) is 0 Å². The Bertz CT molecular complexity index is 683. The first kappa shape index (κ1) is 21.2.